The van der Waals surface area contributed by atoms with E-state index >= 15 is 0 Å². The minimum atomic E-state index is -0.0332. The topological polar surface area (TPSA) is 65.1 Å². The Hall–Kier alpha value is -1.43. The van der Waals surface area contributed by atoms with E-state index in [0.717, 1.165) is 25.3 Å². The fourth-order valence-electron chi connectivity index (χ4n) is 3.26. The number of rotatable bonds is 2. The Kier molecular flexibility index (Phi) is 3.50. The fourth-order valence-corrected chi connectivity index (χ4v) is 3.26. The lowest BCUT2D eigenvalue weighted by atomic mass is 10.1. The first-order valence-electron chi connectivity index (χ1n) is 7.49. The van der Waals surface area contributed by atoms with Crippen molar-refractivity contribution in [1.82, 2.24) is 25.0 Å². The molecule has 1 amide bonds. The number of hydrogen-bond acceptors (Lipinski definition) is 4. The Morgan fingerprint density at radius 1 is 1.30 bits per heavy atom. The van der Waals surface area contributed by atoms with Crippen LogP contribution < -0.4 is 0 Å². The van der Waals surface area contributed by atoms with Gasteiger partial charge in [0.2, 0.25) is 5.82 Å². The van der Waals surface area contributed by atoms with Crippen LogP contribution >= 0.6 is 0 Å². The van der Waals surface area contributed by atoms with Crippen molar-refractivity contribution < 1.29 is 4.79 Å². The Labute approximate surface area is 119 Å². The average Bonchev–Trinajstić information content (AvgIpc) is 2.95. The minimum Gasteiger partial charge on any atom is -0.334 e. The van der Waals surface area contributed by atoms with E-state index in [-0.39, 0.29) is 11.8 Å². The highest BCUT2D eigenvalue weighted by Gasteiger charge is 2.36. The molecule has 0 radical (unpaired) electrons. The molecule has 1 N–H and O–H groups in total. The maximum atomic E-state index is 12.5. The number of fused-ring (bicyclic) bond motifs is 2. The monoisotopic (exact) mass is 277 g/mol. The van der Waals surface area contributed by atoms with Gasteiger partial charge in [-0.25, -0.2) is 4.98 Å². The van der Waals surface area contributed by atoms with Gasteiger partial charge < -0.3 is 4.90 Å². The Morgan fingerprint density at radius 2 is 2.05 bits per heavy atom. The van der Waals surface area contributed by atoms with E-state index in [9.17, 15) is 4.79 Å². The average molecular weight is 277 g/mol. The molecule has 1 aromatic rings. The van der Waals surface area contributed by atoms with E-state index in [1.165, 1.54) is 12.8 Å². The first-order valence-corrected chi connectivity index (χ1v) is 7.49. The molecule has 0 aliphatic carbocycles. The number of aromatic nitrogens is 3. The summed E-state index contributed by atoms with van der Waals surface area (Å²) >= 11 is 0. The molecule has 2 aliphatic rings. The van der Waals surface area contributed by atoms with Crippen molar-refractivity contribution >= 4 is 5.91 Å². The van der Waals surface area contributed by atoms with E-state index < -0.39 is 0 Å². The number of carbonyl (C=O) groups is 1. The maximum Gasteiger partial charge on any atom is 0.293 e. The molecule has 2 fully saturated rings. The zero-order valence-corrected chi connectivity index (χ0v) is 12.5. The predicted octanol–water partition coefficient (Wildman–Crippen LogP) is 1.24. The second-order valence-electron chi connectivity index (χ2n) is 6.29. The van der Waals surface area contributed by atoms with E-state index in [0.29, 0.717) is 17.9 Å². The van der Waals surface area contributed by atoms with Crippen LogP contribution in [0.2, 0.25) is 0 Å². The zero-order chi connectivity index (χ0) is 14.3. The molecule has 3 rings (SSSR count). The van der Waals surface area contributed by atoms with Gasteiger partial charge in [0.1, 0.15) is 5.82 Å². The first kappa shape index (κ1) is 13.5. The summed E-state index contributed by atoms with van der Waals surface area (Å²) in [5, 5.41) is 6.95. The third-order valence-corrected chi connectivity index (χ3v) is 4.68. The Bertz CT molecular complexity index is 498. The molecular weight excluding hydrogens is 254 g/mol. The fraction of sp³-hybridized carbons (Fsp3) is 0.786. The van der Waals surface area contributed by atoms with Gasteiger partial charge in [0.05, 0.1) is 0 Å². The Morgan fingerprint density at radius 3 is 2.75 bits per heavy atom. The van der Waals surface area contributed by atoms with Gasteiger partial charge in [-0.3, -0.25) is 14.8 Å². The van der Waals surface area contributed by atoms with Crippen molar-refractivity contribution in [1.29, 1.82) is 0 Å². The lowest BCUT2D eigenvalue weighted by molar-refractivity contribution is 0.0728. The van der Waals surface area contributed by atoms with Gasteiger partial charge in [0.15, 0.2) is 0 Å². The third kappa shape index (κ3) is 2.32. The van der Waals surface area contributed by atoms with Crippen LogP contribution in [0.3, 0.4) is 0 Å². The lowest BCUT2D eigenvalue weighted by Gasteiger charge is -2.24. The highest BCUT2D eigenvalue weighted by molar-refractivity contribution is 5.90. The van der Waals surface area contributed by atoms with Gasteiger partial charge in [-0.1, -0.05) is 13.8 Å². The number of hydrogen-bond donors (Lipinski definition) is 1. The van der Waals surface area contributed by atoms with Crippen LogP contribution in [0, 0.1) is 0 Å². The highest BCUT2D eigenvalue weighted by Crippen LogP contribution is 2.28. The molecular formula is C14H23N5O. The molecule has 3 heterocycles. The number of aromatic amines is 1. The summed E-state index contributed by atoms with van der Waals surface area (Å²) in [6, 6.07) is 1.13. The molecule has 2 unspecified atom stereocenters. The summed E-state index contributed by atoms with van der Waals surface area (Å²) in [5.74, 6) is 1.32. The number of H-pyrrole nitrogens is 1. The summed E-state index contributed by atoms with van der Waals surface area (Å²) < 4.78 is 0. The molecule has 2 bridgehead atoms. The van der Waals surface area contributed by atoms with Gasteiger partial charge in [0.25, 0.3) is 5.91 Å². The second kappa shape index (κ2) is 5.16. The van der Waals surface area contributed by atoms with E-state index in [1.807, 2.05) is 18.7 Å². The van der Waals surface area contributed by atoms with Crippen molar-refractivity contribution in [3.8, 4) is 0 Å². The van der Waals surface area contributed by atoms with E-state index in [2.05, 4.69) is 27.1 Å². The number of likely N-dealkylation sites (N-methyl/N-ethyl adjacent to an activating group) is 1. The second-order valence-corrected chi connectivity index (χ2v) is 6.29. The van der Waals surface area contributed by atoms with Crippen molar-refractivity contribution in [3.05, 3.63) is 11.6 Å². The molecule has 2 atom stereocenters. The molecule has 6 heteroatoms. The van der Waals surface area contributed by atoms with Gasteiger partial charge in [0, 0.05) is 31.1 Å². The summed E-state index contributed by atoms with van der Waals surface area (Å²) in [6.45, 7) is 5.69. The van der Waals surface area contributed by atoms with Crippen molar-refractivity contribution in [2.75, 3.05) is 20.1 Å². The van der Waals surface area contributed by atoms with Crippen LogP contribution in [0.25, 0.3) is 0 Å². The predicted molar refractivity (Wildman–Crippen MR) is 75.6 cm³/mol. The van der Waals surface area contributed by atoms with Crippen molar-refractivity contribution in [3.63, 3.8) is 0 Å². The standard InChI is InChI=1S/C14H23N5O/c1-9(2)12-15-13(17-16-12)14(20)19-7-6-10-4-5-11(8-19)18(10)3/h9-11H,4-8H2,1-3H3,(H,15,16,17). The molecule has 6 nitrogen and oxygen atoms in total. The molecule has 20 heavy (non-hydrogen) atoms. The first-order chi connectivity index (χ1) is 9.56. The zero-order valence-electron chi connectivity index (χ0n) is 12.5. The van der Waals surface area contributed by atoms with Crippen LogP contribution in [-0.4, -0.2) is 63.1 Å². The van der Waals surface area contributed by atoms with Gasteiger partial charge >= 0.3 is 0 Å². The number of carbonyl (C=O) groups excluding carboxylic acids is 1. The molecule has 110 valence electrons. The van der Waals surface area contributed by atoms with Gasteiger partial charge in [-0.2, -0.15) is 0 Å². The largest absolute Gasteiger partial charge is 0.334 e. The third-order valence-electron chi connectivity index (χ3n) is 4.68. The highest BCUT2D eigenvalue weighted by atomic mass is 16.2. The van der Waals surface area contributed by atoms with Crippen LogP contribution in [0.5, 0.6) is 0 Å². The quantitative estimate of drug-likeness (QED) is 0.883. The number of likely N-dealkylation sites (tertiary alicyclic amines) is 1. The van der Waals surface area contributed by atoms with Crippen LogP contribution in [0.4, 0.5) is 0 Å². The summed E-state index contributed by atoms with van der Waals surface area (Å²) in [6.07, 6.45) is 3.51. The van der Waals surface area contributed by atoms with Crippen LogP contribution in [-0.2, 0) is 0 Å². The summed E-state index contributed by atoms with van der Waals surface area (Å²) in [5.41, 5.74) is 0. The molecule has 0 aromatic carbocycles. The Balaban J connectivity index is 1.73. The summed E-state index contributed by atoms with van der Waals surface area (Å²) in [7, 11) is 2.18. The van der Waals surface area contributed by atoms with Gasteiger partial charge in [-0.15, -0.1) is 5.10 Å². The minimum absolute atomic E-state index is 0.0332. The maximum absolute atomic E-state index is 12.5. The normalized spacial score (nSPS) is 27.1. The van der Waals surface area contributed by atoms with E-state index in [1.54, 1.807) is 0 Å². The molecule has 1 aromatic heterocycles. The van der Waals surface area contributed by atoms with Crippen LogP contribution in [0.1, 0.15) is 55.5 Å². The molecule has 0 saturated carbocycles. The molecule has 2 saturated heterocycles. The van der Waals surface area contributed by atoms with Crippen molar-refractivity contribution in [2.24, 2.45) is 0 Å². The number of nitrogens with zero attached hydrogens (tertiary/aromatic N) is 4. The van der Waals surface area contributed by atoms with Crippen LogP contribution in [0.15, 0.2) is 0 Å². The smallest absolute Gasteiger partial charge is 0.293 e. The summed E-state index contributed by atoms with van der Waals surface area (Å²) in [4.78, 5) is 21.2. The number of amides is 1. The molecule has 2 aliphatic heterocycles. The van der Waals surface area contributed by atoms with Gasteiger partial charge in [-0.05, 0) is 26.3 Å². The molecule has 0 spiro atoms. The van der Waals surface area contributed by atoms with Crippen molar-refractivity contribution in [2.45, 2.75) is 51.1 Å². The SMILES string of the molecule is CC(C)c1nc(C(=O)N2CCC3CCC(C2)N3C)n[nH]1. The lowest BCUT2D eigenvalue weighted by Crippen LogP contribution is -2.40. The van der Waals surface area contributed by atoms with E-state index in [4.69, 9.17) is 0 Å². The number of nitrogens with one attached hydrogen (secondary N) is 1.